The number of benzene rings is 2. The molecule has 2 aromatic rings. The highest BCUT2D eigenvalue weighted by atomic mass is 35.5. The van der Waals surface area contributed by atoms with E-state index in [0.29, 0.717) is 28.6 Å². The van der Waals surface area contributed by atoms with Crippen molar-refractivity contribution in [1.29, 1.82) is 0 Å². The van der Waals surface area contributed by atoms with Crippen LogP contribution in [-0.4, -0.2) is 30.6 Å². The summed E-state index contributed by atoms with van der Waals surface area (Å²) < 4.78 is 5.18. The number of aliphatic carboxylic acids is 1. The zero-order valence-electron chi connectivity index (χ0n) is 14.9. The van der Waals surface area contributed by atoms with Crippen molar-refractivity contribution < 1.29 is 19.4 Å². The normalized spacial score (nSPS) is 11.7. The quantitative estimate of drug-likeness (QED) is 0.646. The van der Waals surface area contributed by atoms with Crippen molar-refractivity contribution in [3.63, 3.8) is 0 Å². The Labute approximate surface area is 168 Å². The zero-order chi connectivity index (χ0) is 19.8. The lowest BCUT2D eigenvalue weighted by Gasteiger charge is -2.16. The predicted octanol–water partition coefficient (Wildman–Crippen LogP) is 4.31. The van der Waals surface area contributed by atoms with E-state index < -0.39 is 11.9 Å². The number of methoxy groups -OCH3 is 1. The Hall–Kier alpha value is -2.24. The first-order valence-corrected chi connectivity index (χ1v) is 9.21. The molecule has 0 saturated carbocycles. The molecule has 0 aromatic heterocycles. The first-order valence-electron chi connectivity index (χ1n) is 8.45. The summed E-state index contributed by atoms with van der Waals surface area (Å²) >= 11 is 11.9. The van der Waals surface area contributed by atoms with E-state index >= 15 is 0 Å². The monoisotopic (exact) mass is 409 g/mol. The van der Waals surface area contributed by atoms with Crippen molar-refractivity contribution in [2.45, 2.75) is 25.2 Å². The molecule has 0 spiro atoms. The van der Waals surface area contributed by atoms with Crippen LogP contribution in [0.25, 0.3) is 0 Å². The molecule has 0 aliphatic heterocycles. The number of carboxylic acid groups (broad SMARTS) is 1. The number of nitrogens with one attached hydrogen (secondary N) is 1. The van der Waals surface area contributed by atoms with Crippen LogP contribution in [0.5, 0.6) is 5.75 Å². The summed E-state index contributed by atoms with van der Waals surface area (Å²) in [6.07, 6.45) is 0.545. The largest absolute Gasteiger partial charge is 0.497 e. The third-order valence-electron chi connectivity index (χ3n) is 4.14. The Kier molecular flexibility index (Phi) is 7.95. The molecule has 2 rings (SSSR count). The first-order chi connectivity index (χ1) is 12.9. The lowest BCUT2D eigenvalue weighted by Crippen LogP contribution is -2.27. The number of rotatable bonds is 9. The van der Waals surface area contributed by atoms with E-state index in [9.17, 15) is 9.59 Å². The number of hydrogen-bond acceptors (Lipinski definition) is 3. The smallest absolute Gasteiger partial charge is 0.303 e. The van der Waals surface area contributed by atoms with E-state index in [-0.39, 0.29) is 18.7 Å². The van der Waals surface area contributed by atoms with Gasteiger partial charge in [-0.1, -0.05) is 41.4 Å². The highest BCUT2D eigenvalue weighted by molar-refractivity contribution is 6.42. The lowest BCUT2D eigenvalue weighted by atomic mass is 9.92. The maximum absolute atomic E-state index is 12.3. The van der Waals surface area contributed by atoms with Crippen molar-refractivity contribution in [1.82, 2.24) is 5.32 Å². The molecule has 0 aliphatic rings. The second-order valence-corrected chi connectivity index (χ2v) is 6.94. The third kappa shape index (κ3) is 6.77. The highest BCUT2D eigenvalue weighted by Gasteiger charge is 2.20. The van der Waals surface area contributed by atoms with Gasteiger partial charge in [-0.3, -0.25) is 9.59 Å². The van der Waals surface area contributed by atoms with Gasteiger partial charge in [0, 0.05) is 18.9 Å². The molecule has 0 aliphatic carbocycles. The van der Waals surface area contributed by atoms with E-state index in [4.69, 9.17) is 33.0 Å². The maximum Gasteiger partial charge on any atom is 0.303 e. The molecule has 0 heterocycles. The minimum absolute atomic E-state index is 0.0579. The average Bonchev–Trinajstić information content (AvgIpc) is 2.63. The van der Waals surface area contributed by atoms with Crippen LogP contribution >= 0.6 is 23.2 Å². The molecule has 0 bridgehead atoms. The number of halogens is 2. The highest BCUT2D eigenvalue weighted by Crippen LogP contribution is 2.30. The lowest BCUT2D eigenvalue weighted by molar-refractivity contribution is -0.137. The predicted molar refractivity (Wildman–Crippen MR) is 106 cm³/mol. The Morgan fingerprint density at radius 3 is 2.56 bits per heavy atom. The van der Waals surface area contributed by atoms with Crippen LogP contribution in [-0.2, 0) is 16.0 Å². The van der Waals surface area contributed by atoms with E-state index in [1.807, 2.05) is 24.3 Å². The van der Waals surface area contributed by atoms with Crippen LogP contribution in [0.3, 0.4) is 0 Å². The van der Waals surface area contributed by atoms with Gasteiger partial charge in [0.2, 0.25) is 5.91 Å². The molecule has 2 aromatic carbocycles. The van der Waals surface area contributed by atoms with Gasteiger partial charge in [0.1, 0.15) is 5.75 Å². The van der Waals surface area contributed by atoms with Gasteiger partial charge >= 0.3 is 5.97 Å². The van der Waals surface area contributed by atoms with Crippen LogP contribution in [0, 0.1) is 0 Å². The summed E-state index contributed by atoms with van der Waals surface area (Å²) in [4.78, 5) is 23.5. The summed E-state index contributed by atoms with van der Waals surface area (Å²) in [6.45, 7) is 0.452. The molecule has 1 unspecified atom stereocenters. The van der Waals surface area contributed by atoms with Crippen LogP contribution in [0.1, 0.15) is 29.9 Å². The summed E-state index contributed by atoms with van der Waals surface area (Å²) in [6, 6.07) is 12.5. The van der Waals surface area contributed by atoms with Crippen molar-refractivity contribution in [2.24, 2.45) is 0 Å². The van der Waals surface area contributed by atoms with Gasteiger partial charge in [0.15, 0.2) is 0 Å². The molecular weight excluding hydrogens is 389 g/mol. The number of carboxylic acids is 1. The van der Waals surface area contributed by atoms with Gasteiger partial charge in [0.25, 0.3) is 0 Å². The van der Waals surface area contributed by atoms with Gasteiger partial charge in [-0.25, -0.2) is 0 Å². The van der Waals surface area contributed by atoms with Gasteiger partial charge in [-0.15, -0.1) is 0 Å². The van der Waals surface area contributed by atoms with Crippen molar-refractivity contribution in [2.75, 3.05) is 13.7 Å². The van der Waals surface area contributed by atoms with Gasteiger partial charge in [-0.2, -0.15) is 0 Å². The fourth-order valence-electron chi connectivity index (χ4n) is 2.76. The van der Waals surface area contributed by atoms with Gasteiger partial charge in [-0.05, 0) is 41.8 Å². The molecule has 5 nitrogen and oxygen atoms in total. The second kappa shape index (κ2) is 10.2. The minimum Gasteiger partial charge on any atom is -0.497 e. The SMILES string of the molecule is COc1cccc(CCNC(=O)CC(CC(=O)O)c2ccc(Cl)c(Cl)c2)c1. The molecule has 0 fully saturated rings. The summed E-state index contributed by atoms with van der Waals surface area (Å²) in [5, 5.41) is 12.7. The summed E-state index contributed by atoms with van der Waals surface area (Å²) in [5.41, 5.74) is 1.72. The number of hydrogen-bond donors (Lipinski definition) is 2. The van der Waals surface area contributed by atoms with Crippen LogP contribution in [0.2, 0.25) is 10.0 Å². The van der Waals surface area contributed by atoms with Crippen molar-refractivity contribution >= 4 is 35.1 Å². The van der Waals surface area contributed by atoms with Crippen molar-refractivity contribution in [3.8, 4) is 5.75 Å². The Morgan fingerprint density at radius 1 is 1.11 bits per heavy atom. The first kappa shape index (κ1) is 21.1. The number of amides is 1. The molecule has 0 saturated heterocycles. The van der Waals surface area contributed by atoms with E-state index in [0.717, 1.165) is 11.3 Å². The van der Waals surface area contributed by atoms with Crippen molar-refractivity contribution in [3.05, 3.63) is 63.6 Å². The van der Waals surface area contributed by atoms with E-state index in [1.54, 1.807) is 25.3 Å². The van der Waals surface area contributed by atoms with Crippen LogP contribution in [0.15, 0.2) is 42.5 Å². The zero-order valence-corrected chi connectivity index (χ0v) is 16.4. The van der Waals surface area contributed by atoms with Gasteiger partial charge < -0.3 is 15.2 Å². The molecule has 27 heavy (non-hydrogen) atoms. The maximum atomic E-state index is 12.3. The molecule has 144 valence electrons. The third-order valence-corrected chi connectivity index (χ3v) is 4.88. The molecule has 1 amide bonds. The summed E-state index contributed by atoms with van der Waals surface area (Å²) in [7, 11) is 1.60. The fraction of sp³-hybridized carbons (Fsp3) is 0.300. The molecular formula is C20H21Cl2NO4. The minimum atomic E-state index is -0.977. The molecule has 1 atom stereocenters. The van der Waals surface area contributed by atoms with Gasteiger partial charge in [0.05, 0.1) is 23.6 Å². The molecule has 0 radical (unpaired) electrons. The van der Waals surface area contributed by atoms with E-state index in [2.05, 4.69) is 5.32 Å². The van der Waals surface area contributed by atoms with Crippen LogP contribution < -0.4 is 10.1 Å². The number of carbonyl (C=O) groups is 2. The number of carbonyl (C=O) groups excluding carboxylic acids is 1. The standard InChI is InChI=1S/C20H21Cl2NO4/c1-27-16-4-2-3-13(9-16)7-8-23-19(24)11-15(12-20(25)26)14-5-6-17(21)18(22)10-14/h2-6,9-10,15H,7-8,11-12H2,1H3,(H,23,24)(H,25,26). The Balaban J connectivity index is 1.94. The summed E-state index contributed by atoms with van der Waals surface area (Å²) in [5.74, 6) is -0.903. The number of ether oxygens (including phenoxy) is 1. The Bertz CT molecular complexity index is 810. The second-order valence-electron chi connectivity index (χ2n) is 6.12. The Morgan fingerprint density at radius 2 is 1.89 bits per heavy atom. The van der Waals surface area contributed by atoms with E-state index in [1.165, 1.54) is 0 Å². The molecule has 2 N–H and O–H groups in total. The van der Waals surface area contributed by atoms with Crippen LogP contribution in [0.4, 0.5) is 0 Å². The molecule has 7 heteroatoms. The average molecular weight is 410 g/mol. The topological polar surface area (TPSA) is 75.6 Å². The fourth-order valence-corrected chi connectivity index (χ4v) is 3.06.